The number of halogens is 3. The van der Waals surface area contributed by atoms with E-state index in [2.05, 4.69) is 6.58 Å². The summed E-state index contributed by atoms with van der Waals surface area (Å²) >= 11 is 5.86. The Morgan fingerprint density at radius 1 is 0.929 bits per heavy atom. The fourth-order valence-electron chi connectivity index (χ4n) is 2.83. The van der Waals surface area contributed by atoms with E-state index < -0.39 is 17.6 Å². The van der Waals surface area contributed by atoms with Gasteiger partial charge in [-0.2, -0.15) is 0 Å². The molecule has 28 heavy (non-hydrogen) atoms. The molecule has 0 aliphatic carbocycles. The zero-order chi connectivity index (χ0) is 19.9. The minimum Gasteiger partial charge on any atom is -0.457 e. The van der Waals surface area contributed by atoms with Crippen molar-refractivity contribution in [3.8, 4) is 11.5 Å². The summed E-state index contributed by atoms with van der Waals surface area (Å²) < 4.78 is 35.1. The van der Waals surface area contributed by atoms with Crippen molar-refractivity contribution >= 4 is 11.6 Å². The molecular weight excluding hydrogens is 378 g/mol. The van der Waals surface area contributed by atoms with Gasteiger partial charge in [0.25, 0.3) is 0 Å². The molecule has 0 aliphatic rings. The average molecular weight is 397 g/mol. The van der Waals surface area contributed by atoms with Crippen molar-refractivity contribution < 1.29 is 13.5 Å². The Kier molecular flexibility index (Phi) is 6.62. The fourth-order valence-corrected chi connectivity index (χ4v) is 2.96. The van der Waals surface area contributed by atoms with Crippen LogP contribution in [-0.2, 0) is 6.42 Å². The molecule has 1 unspecified atom stereocenters. The Labute approximate surface area is 168 Å². The van der Waals surface area contributed by atoms with Crippen LogP contribution in [0.3, 0.4) is 0 Å². The lowest BCUT2D eigenvalue weighted by Crippen LogP contribution is -2.00. The zero-order valence-corrected chi connectivity index (χ0v) is 15.9. The van der Waals surface area contributed by atoms with Crippen LogP contribution in [0.1, 0.15) is 17.0 Å². The van der Waals surface area contributed by atoms with Crippen molar-refractivity contribution in [3.63, 3.8) is 0 Å². The van der Waals surface area contributed by atoms with Crippen molar-refractivity contribution in [1.82, 2.24) is 0 Å². The maximum absolute atomic E-state index is 14.7. The summed E-state index contributed by atoms with van der Waals surface area (Å²) in [5, 5.41) is 0.534. The Bertz CT molecular complexity index is 965. The number of hydrogen-bond donors (Lipinski definition) is 0. The van der Waals surface area contributed by atoms with E-state index in [0.29, 0.717) is 27.6 Å². The molecule has 3 aromatic carbocycles. The first-order chi connectivity index (χ1) is 13.6. The largest absolute Gasteiger partial charge is 0.457 e. The number of rotatable bonds is 7. The Balaban J connectivity index is 1.78. The summed E-state index contributed by atoms with van der Waals surface area (Å²) in [6.45, 7) is 3.64. The normalized spacial score (nSPS) is 12.8. The van der Waals surface area contributed by atoms with Gasteiger partial charge in [-0.3, -0.25) is 0 Å². The highest BCUT2D eigenvalue weighted by Crippen LogP contribution is 2.32. The van der Waals surface area contributed by atoms with Crippen molar-refractivity contribution in [2.75, 3.05) is 0 Å². The van der Waals surface area contributed by atoms with Gasteiger partial charge in [0.15, 0.2) is 0 Å². The zero-order valence-electron chi connectivity index (χ0n) is 15.1. The Morgan fingerprint density at radius 2 is 1.61 bits per heavy atom. The molecule has 0 saturated carbocycles. The van der Waals surface area contributed by atoms with Crippen molar-refractivity contribution in [1.29, 1.82) is 0 Å². The van der Waals surface area contributed by atoms with E-state index in [0.717, 1.165) is 0 Å². The first kappa shape index (κ1) is 19.8. The SMILES string of the molecule is C=CC(C(F)=C(F)Cc1cccc(Oc2ccccc2)c1)c1ccc(Cl)cc1. The monoisotopic (exact) mass is 396 g/mol. The molecule has 0 fully saturated rings. The smallest absolute Gasteiger partial charge is 0.143 e. The molecule has 142 valence electrons. The van der Waals surface area contributed by atoms with Crippen LogP contribution in [-0.4, -0.2) is 0 Å². The molecule has 3 aromatic rings. The molecule has 0 heterocycles. The van der Waals surface area contributed by atoms with E-state index in [1.54, 1.807) is 48.5 Å². The fraction of sp³-hybridized carbons (Fsp3) is 0.0833. The molecule has 0 radical (unpaired) electrons. The van der Waals surface area contributed by atoms with Gasteiger partial charge in [0.2, 0.25) is 0 Å². The van der Waals surface area contributed by atoms with Crippen LogP contribution in [0, 0.1) is 0 Å². The summed E-state index contributed by atoms with van der Waals surface area (Å²) in [6, 6.07) is 22.8. The van der Waals surface area contributed by atoms with Crippen LogP contribution in [0.2, 0.25) is 5.02 Å². The molecule has 4 heteroatoms. The minimum atomic E-state index is -0.860. The molecule has 0 aliphatic heterocycles. The maximum atomic E-state index is 14.7. The molecule has 0 N–H and O–H groups in total. The molecule has 0 saturated heterocycles. The van der Waals surface area contributed by atoms with Crippen molar-refractivity contribution in [2.24, 2.45) is 0 Å². The summed E-state index contributed by atoms with van der Waals surface area (Å²) in [5.74, 6) is -1.31. The number of benzene rings is 3. The molecule has 3 rings (SSSR count). The first-order valence-corrected chi connectivity index (χ1v) is 9.18. The second-order valence-electron chi connectivity index (χ2n) is 6.26. The summed E-state index contributed by atoms with van der Waals surface area (Å²) in [5.41, 5.74) is 1.20. The summed E-state index contributed by atoms with van der Waals surface area (Å²) in [6.07, 6.45) is 1.21. The summed E-state index contributed by atoms with van der Waals surface area (Å²) in [7, 11) is 0. The average Bonchev–Trinajstić information content (AvgIpc) is 2.71. The van der Waals surface area contributed by atoms with E-state index in [9.17, 15) is 8.78 Å². The molecule has 0 amide bonds. The van der Waals surface area contributed by atoms with E-state index in [1.165, 1.54) is 6.08 Å². The topological polar surface area (TPSA) is 9.23 Å². The van der Waals surface area contributed by atoms with Gasteiger partial charge in [-0.25, -0.2) is 8.78 Å². The maximum Gasteiger partial charge on any atom is 0.143 e. The lowest BCUT2D eigenvalue weighted by molar-refractivity contribution is 0.479. The van der Waals surface area contributed by atoms with E-state index in [1.807, 2.05) is 30.3 Å². The highest BCUT2D eigenvalue weighted by molar-refractivity contribution is 6.30. The van der Waals surface area contributed by atoms with Gasteiger partial charge < -0.3 is 4.74 Å². The molecule has 1 atom stereocenters. The van der Waals surface area contributed by atoms with Gasteiger partial charge in [0.1, 0.15) is 23.2 Å². The molecule has 0 bridgehead atoms. The van der Waals surface area contributed by atoms with E-state index >= 15 is 0 Å². The second kappa shape index (κ2) is 9.34. The highest BCUT2D eigenvalue weighted by atomic mass is 35.5. The minimum absolute atomic E-state index is 0.171. The van der Waals surface area contributed by atoms with Gasteiger partial charge in [-0.15, -0.1) is 6.58 Å². The van der Waals surface area contributed by atoms with Crippen LogP contribution in [0.25, 0.3) is 0 Å². The third kappa shape index (κ3) is 5.08. The van der Waals surface area contributed by atoms with Crippen LogP contribution < -0.4 is 4.74 Å². The molecular formula is C24H19ClF2O. The van der Waals surface area contributed by atoms with Gasteiger partial charge in [0.05, 0.1) is 5.92 Å². The van der Waals surface area contributed by atoms with E-state index in [-0.39, 0.29) is 6.42 Å². The number of allylic oxidation sites excluding steroid dienone is 3. The van der Waals surface area contributed by atoms with Crippen LogP contribution in [0.15, 0.2) is 103 Å². The predicted molar refractivity (Wildman–Crippen MR) is 110 cm³/mol. The van der Waals surface area contributed by atoms with Crippen molar-refractivity contribution in [3.05, 3.63) is 119 Å². The second-order valence-corrected chi connectivity index (χ2v) is 6.69. The van der Waals surface area contributed by atoms with Gasteiger partial charge in [-0.05, 0) is 47.5 Å². The van der Waals surface area contributed by atoms with Crippen molar-refractivity contribution in [2.45, 2.75) is 12.3 Å². The molecule has 1 nitrogen and oxygen atoms in total. The quantitative estimate of drug-likeness (QED) is 0.370. The number of para-hydroxylation sites is 1. The number of hydrogen-bond acceptors (Lipinski definition) is 1. The standard InChI is InChI=1S/C24H19ClF2O/c1-2-22(18-11-13-19(25)14-12-18)24(27)23(26)16-17-7-6-10-21(15-17)28-20-8-4-3-5-9-20/h2-15,22H,1,16H2. The molecule has 0 spiro atoms. The third-order valence-corrected chi connectivity index (χ3v) is 4.49. The summed E-state index contributed by atoms with van der Waals surface area (Å²) in [4.78, 5) is 0. The lowest BCUT2D eigenvalue weighted by Gasteiger charge is -2.13. The van der Waals surface area contributed by atoms with Gasteiger partial charge in [0, 0.05) is 11.4 Å². The Morgan fingerprint density at radius 3 is 2.29 bits per heavy atom. The first-order valence-electron chi connectivity index (χ1n) is 8.80. The van der Waals surface area contributed by atoms with Crippen LogP contribution in [0.4, 0.5) is 8.78 Å². The predicted octanol–water partition coefficient (Wildman–Crippen LogP) is 7.80. The third-order valence-electron chi connectivity index (χ3n) is 4.23. The van der Waals surface area contributed by atoms with Gasteiger partial charge in [-0.1, -0.05) is 60.1 Å². The number of ether oxygens (including phenoxy) is 1. The molecule has 0 aromatic heterocycles. The lowest BCUT2D eigenvalue weighted by atomic mass is 9.96. The highest BCUT2D eigenvalue weighted by Gasteiger charge is 2.19. The van der Waals surface area contributed by atoms with E-state index in [4.69, 9.17) is 16.3 Å². The van der Waals surface area contributed by atoms with Crippen LogP contribution in [0.5, 0.6) is 11.5 Å². The van der Waals surface area contributed by atoms with Gasteiger partial charge >= 0.3 is 0 Å². The van der Waals surface area contributed by atoms with Crippen LogP contribution >= 0.6 is 11.6 Å². The Hall–Kier alpha value is -2.91.